The first-order chi connectivity index (χ1) is 11.9. The number of carbonyl (C=O) groups excluding carboxylic acids is 1. The molecule has 0 radical (unpaired) electrons. The Hall–Kier alpha value is -2.61. The van der Waals surface area contributed by atoms with Gasteiger partial charge >= 0.3 is 5.69 Å². The summed E-state index contributed by atoms with van der Waals surface area (Å²) in [5, 5.41) is 0. The second kappa shape index (κ2) is 7.10. The van der Waals surface area contributed by atoms with Crippen LogP contribution in [0.4, 0.5) is 0 Å². The molecule has 0 unspecified atom stereocenters. The number of carbonyl (C=O) groups is 1. The van der Waals surface area contributed by atoms with Crippen LogP contribution in [0.3, 0.4) is 0 Å². The van der Waals surface area contributed by atoms with Gasteiger partial charge in [-0.25, -0.2) is 4.79 Å². The molecule has 0 saturated carbocycles. The van der Waals surface area contributed by atoms with Crippen molar-refractivity contribution in [3.8, 4) is 0 Å². The molecule has 1 amide bonds. The van der Waals surface area contributed by atoms with Crippen LogP contribution in [0.1, 0.15) is 35.6 Å². The van der Waals surface area contributed by atoms with E-state index in [9.17, 15) is 9.59 Å². The number of aromatic amines is 1. The lowest BCUT2D eigenvalue weighted by molar-refractivity contribution is 0.0778. The molecule has 0 fully saturated rings. The SMILES string of the molecule is CC(C)Cc1cc(C(=O)N(C)Cc2ccc3nsnc3c2)nc(=O)[nH]1. The Morgan fingerprint density at radius 3 is 2.76 bits per heavy atom. The van der Waals surface area contributed by atoms with Crippen molar-refractivity contribution in [1.82, 2.24) is 23.6 Å². The van der Waals surface area contributed by atoms with Crippen molar-refractivity contribution in [1.29, 1.82) is 0 Å². The van der Waals surface area contributed by atoms with Crippen LogP contribution in [0.15, 0.2) is 29.1 Å². The van der Waals surface area contributed by atoms with Crippen LogP contribution in [-0.4, -0.2) is 36.6 Å². The van der Waals surface area contributed by atoms with Gasteiger partial charge in [-0.1, -0.05) is 19.9 Å². The average molecular weight is 357 g/mol. The Balaban J connectivity index is 1.79. The van der Waals surface area contributed by atoms with Crippen molar-refractivity contribution >= 4 is 28.7 Å². The molecular formula is C17H19N5O2S. The molecule has 3 aromatic rings. The number of amides is 1. The fourth-order valence-electron chi connectivity index (χ4n) is 2.63. The largest absolute Gasteiger partial charge is 0.345 e. The second-order valence-corrected chi connectivity index (χ2v) is 6.97. The molecule has 3 rings (SSSR count). The fourth-order valence-corrected chi connectivity index (χ4v) is 3.15. The standard InChI is InChI=1S/C17H19N5O2S/c1-10(2)6-12-8-15(19-17(24)18-12)16(23)22(3)9-11-4-5-13-14(7-11)21-25-20-13/h4-5,7-8,10H,6,9H2,1-3H3,(H,18,19,24). The molecule has 0 aliphatic rings. The quantitative estimate of drug-likeness (QED) is 0.756. The molecule has 0 bridgehead atoms. The van der Waals surface area contributed by atoms with E-state index in [0.29, 0.717) is 18.9 Å². The van der Waals surface area contributed by atoms with E-state index >= 15 is 0 Å². The molecule has 8 heteroatoms. The Labute approximate surface area is 149 Å². The first kappa shape index (κ1) is 17.2. The van der Waals surface area contributed by atoms with Crippen molar-refractivity contribution in [3.63, 3.8) is 0 Å². The number of hydrogen-bond acceptors (Lipinski definition) is 6. The van der Waals surface area contributed by atoms with E-state index in [1.165, 1.54) is 0 Å². The molecule has 2 aromatic heterocycles. The van der Waals surface area contributed by atoms with E-state index in [-0.39, 0.29) is 11.6 Å². The summed E-state index contributed by atoms with van der Waals surface area (Å²) >= 11 is 1.16. The predicted octanol–water partition coefficient (Wildman–Crippen LogP) is 2.25. The molecule has 25 heavy (non-hydrogen) atoms. The van der Waals surface area contributed by atoms with Crippen LogP contribution < -0.4 is 5.69 Å². The molecule has 0 saturated heterocycles. The summed E-state index contributed by atoms with van der Waals surface area (Å²) < 4.78 is 8.38. The van der Waals surface area contributed by atoms with Crippen molar-refractivity contribution in [3.05, 3.63) is 51.7 Å². The third-order valence-corrected chi connectivity index (χ3v) is 4.29. The molecule has 1 aromatic carbocycles. The molecule has 0 atom stereocenters. The van der Waals surface area contributed by atoms with Crippen LogP contribution >= 0.6 is 11.7 Å². The van der Waals surface area contributed by atoms with Crippen molar-refractivity contribution in [2.24, 2.45) is 5.92 Å². The number of hydrogen-bond donors (Lipinski definition) is 1. The van der Waals surface area contributed by atoms with Gasteiger partial charge in [-0.15, -0.1) is 0 Å². The number of H-pyrrole nitrogens is 1. The number of rotatable bonds is 5. The highest BCUT2D eigenvalue weighted by molar-refractivity contribution is 7.00. The maximum atomic E-state index is 12.6. The summed E-state index contributed by atoms with van der Waals surface area (Å²) in [6.07, 6.45) is 0.690. The topological polar surface area (TPSA) is 91.8 Å². The monoisotopic (exact) mass is 357 g/mol. The van der Waals surface area contributed by atoms with Gasteiger partial charge in [-0.05, 0) is 36.1 Å². The van der Waals surface area contributed by atoms with Crippen LogP contribution in [0.25, 0.3) is 11.0 Å². The minimum absolute atomic E-state index is 0.165. The molecule has 2 heterocycles. The molecular weight excluding hydrogens is 338 g/mol. The third-order valence-electron chi connectivity index (χ3n) is 3.73. The van der Waals surface area contributed by atoms with Crippen molar-refractivity contribution in [2.75, 3.05) is 7.05 Å². The zero-order chi connectivity index (χ0) is 18.0. The Kier molecular flexibility index (Phi) is 4.89. The minimum atomic E-state index is -0.495. The van der Waals surface area contributed by atoms with Gasteiger partial charge in [0.05, 0.1) is 11.7 Å². The second-order valence-electron chi connectivity index (χ2n) is 6.44. The number of fused-ring (bicyclic) bond motifs is 1. The number of nitrogens with zero attached hydrogens (tertiary/aromatic N) is 4. The van der Waals surface area contributed by atoms with E-state index in [4.69, 9.17) is 0 Å². The maximum Gasteiger partial charge on any atom is 0.345 e. The summed E-state index contributed by atoms with van der Waals surface area (Å²) in [5.74, 6) is 0.0878. The zero-order valence-electron chi connectivity index (χ0n) is 14.3. The Bertz CT molecular complexity index is 963. The lowest BCUT2D eigenvalue weighted by Crippen LogP contribution is -2.29. The van der Waals surface area contributed by atoms with E-state index in [0.717, 1.165) is 34.0 Å². The number of nitrogens with one attached hydrogen (secondary N) is 1. The van der Waals surface area contributed by atoms with Crippen molar-refractivity contribution < 1.29 is 4.79 Å². The summed E-state index contributed by atoms with van der Waals surface area (Å²) in [4.78, 5) is 32.4. The lowest BCUT2D eigenvalue weighted by atomic mass is 10.1. The highest BCUT2D eigenvalue weighted by Gasteiger charge is 2.16. The highest BCUT2D eigenvalue weighted by atomic mass is 32.1. The van der Waals surface area contributed by atoms with Crippen LogP contribution in [-0.2, 0) is 13.0 Å². The predicted molar refractivity (Wildman–Crippen MR) is 96.6 cm³/mol. The molecule has 7 nitrogen and oxygen atoms in total. The van der Waals surface area contributed by atoms with Gasteiger partial charge in [0.15, 0.2) is 0 Å². The smallest absolute Gasteiger partial charge is 0.336 e. The Morgan fingerprint density at radius 2 is 2.00 bits per heavy atom. The van der Waals surface area contributed by atoms with Crippen LogP contribution in [0, 0.1) is 5.92 Å². The van der Waals surface area contributed by atoms with Gasteiger partial charge in [0, 0.05) is 19.3 Å². The zero-order valence-corrected chi connectivity index (χ0v) is 15.1. The lowest BCUT2D eigenvalue weighted by Gasteiger charge is -2.17. The first-order valence-corrected chi connectivity index (χ1v) is 8.72. The minimum Gasteiger partial charge on any atom is -0.336 e. The van der Waals surface area contributed by atoms with E-state index in [1.54, 1.807) is 18.0 Å². The first-order valence-electron chi connectivity index (χ1n) is 7.99. The van der Waals surface area contributed by atoms with E-state index in [1.807, 2.05) is 18.2 Å². The molecule has 1 N–H and O–H groups in total. The van der Waals surface area contributed by atoms with Gasteiger partial charge in [-0.3, -0.25) is 4.79 Å². The molecule has 0 aliphatic heterocycles. The summed E-state index contributed by atoms with van der Waals surface area (Å²) in [7, 11) is 1.69. The Morgan fingerprint density at radius 1 is 1.24 bits per heavy atom. The maximum absolute atomic E-state index is 12.6. The number of aromatic nitrogens is 4. The van der Waals surface area contributed by atoms with E-state index in [2.05, 4.69) is 32.6 Å². The highest BCUT2D eigenvalue weighted by Crippen LogP contribution is 2.15. The summed E-state index contributed by atoms with van der Waals surface area (Å²) in [5.41, 5.74) is 3.00. The van der Waals surface area contributed by atoms with Gasteiger partial charge < -0.3 is 9.88 Å². The molecule has 0 aliphatic carbocycles. The normalized spacial score (nSPS) is 11.2. The molecule has 0 spiro atoms. The summed E-state index contributed by atoms with van der Waals surface area (Å²) in [6, 6.07) is 7.38. The van der Waals surface area contributed by atoms with Gasteiger partial charge in [0.1, 0.15) is 16.7 Å². The van der Waals surface area contributed by atoms with Gasteiger partial charge in [0.2, 0.25) is 0 Å². The number of benzene rings is 1. The molecule has 130 valence electrons. The van der Waals surface area contributed by atoms with E-state index < -0.39 is 5.69 Å². The van der Waals surface area contributed by atoms with Crippen LogP contribution in [0.5, 0.6) is 0 Å². The average Bonchev–Trinajstić information content (AvgIpc) is 3.00. The van der Waals surface area contributed by atoms with Gasteiger partial charge in [-0.2, -0.15) is 13.7 Å². The summed E-state index contributed by atoms with van der Waals surface area (Å²) in [6.45, 7) is 4.51. The third kappa shape index (κ3) is 4.08. The fraction of sp³-hybridized carbons (Fsp3) is 0.353. The van der Waals surface area contributed by atoms with Gasteiger partial charge in [0.25, 0.3) is 5.91 Å². The van der Waals surface area contributed by atoms with Crippen LogP contribution in [0.2, 0.25) is 0 Å². The van der Waals surface area contributed by atoms with Crippen molar-refractivity contribution in [2.45, 2.75) is 26.8 Å².